The molecule has 3 aromatic rings. The van der Waals surface area contributed by atoms with E-state index < -0.39 is 5.82 Å². The summed E-state index contributed by atoms with van der Waals surface area (Å²) in [6.45, 7) is 5.30. The summed E-state index contributed by atoms with van der Waals surface area (Å²) in [5, 5.41) is 12.2. The van der Waals surface area contributed by atoms with Crippen LogP contribution in [0.25, 0.3) is 10.4 Å². The highest BCUT2D eigenvalue weighted by atomic mass is 19.1. The van der Waals surface area contributed by atoms with Gasteiger partial charge in [0.1, 0.15) is 0 Å². The highest BCUT2D eigenvalue weighted by Crippen LogP contribution is 2.22. The minimum atomic E-state index is -0.576. The number of azide groups is 1. The van der Waals surface area contributed by atoms with Gasteiger partial charge in [-0.1, -0.05) is 29.4 Å². The van der Waals surface area contributed by atoms with E-state index in [0.717, 1.165) is 11.8 Å². The van der Waals surface area contributed by atoms with Crippen LogP contribution in [-0.4, -0.2) is 73.9 Å². The van der Waals surface area contributed by atoms with Gasteiger partial charge in [0.15, 0.2) is 11.6 Å². The summed E-state index contributed by atoms with van der Waals surface area (Å²) in [7, 11) is 1.93. The zero-order valence-corrected chi connectivity index (χ0v) is 23.1. The first-order chi connectivity index (χ1) is 19.9. The smallest absolute Gasteiger partial charge is 0.248 e. The van der Waals surface area contributed by atoms with Gasteiger partial charge in [0.05, 0.1) is 32.6 Å². The van der Waals surface area contributed by atoms with E-state index >= 15 is 0 Å². The molecule has 0 saturated heterocycles. The van der Waals surface area contributed by atoms with Gasteiger partial charge >= 0.3 is 0 Å². The molecule has 41 heavy (non-hydrogen) atoms. The normalized spacial score (nSPS) is 10.9. The van der Waals surface area contributed by atoms with E-state index in [1.165, 1.54) is 6.08 Å². The molecule has 0 spiro atoms. The third-order valence-corrected chi connectivity index (χ3v) is 5.49. The number of benzene rings is 2. The number of hydrogen-bond acceptors (Lipinski definition) is 9. The minimum Gasteiger partial charge on any atom is -0.379 e. The molecule has 13 heteroatoms. The standard InChI is InChI=1S/C28H34FN9O3/c1-21-6-3-7-22(18-21)34-27-25(29)20-31-28(36-27)35-24-9-4-8-23(19-24)33-26(39)10-5-12-38(2)13-15-41-17-16-40-14-11-32-37-30/h3-10,18-20H,11-17H2,1-2H3,(H,33,39)(H2,31,34,35,36)/b10-5+. The van der Waals surface area contributed by atoms with Gasteiger partial charge in [0.25, 0.3) is 0 Å². The lowest BCUT2D eigenvalue weighted by molar-refractivity contribution is -0.111. The fourth-order valence-electron chi connectivity index (χ4n) is 3.49. The number of halogens is 1. The molecule has 12 nitrogen and oxygen atoms in total. The summed E-state index contributed by atoms with van der Waals surface area (Å²) in [4.78, 5) is 25.3. The van der Waals surface area contributed by atoms with Crippen LogP contribution in [0.1, 0.15) is 5.56 Å². The van der Waals surface area contributed by atoms with Crippen LogP contribution >= 0.6 is 0 Å². The van der Waals surface area contributed by atoms with E-state index in [-0.39, 0.29) is 17.7 Å². The van der Waals surface area contributed by atoms with E-state index in [9.17, 15) is 9.18 Å². The van der Waals surface area contributed by atoms with Gasteiger partial charge in [-0.25, -0.2) is 9.37 Å². The van der Waals surface area contributed by atoms with Crippen LogP contribution in [0.5, 0.6) is 0 Å². The first-order valence-corrected chi connectivity index (χ1v) is 13.0. The van der Waals surface area contributed by atoms with Crippen molar-refractivity contribution in [1.29, 1.82) is 0 Å². The molecule has 1 amide bonds. The molecule has 0 saturated carbocycles. The molecule has 0 fully saturated rings. The van der Waals surface area contributed by atoms with Gasteiger partial charge in [-0.15, -0.1) is 0 Å². The molecule has 2 aromatic carbocycles. The van der Waals surface area contributed by atoms with Gasteiger partial charge in [-0.2, -0.15) is 4.98 Å². The maximum Gasteiger partial charge on any atom is 0.248 e. The monoisotopic (exact) mass is 563 g/mol. The van der Waals surface area contributed by atoms with Gasteiger partial charge in [-0.05, 0) is 55.4 Å². The number of amides is 1. The second-order valence-corrected chi connectivity index (χ2v) is 8.92. The zero-order chi connectivity index (χ0) is 29.3. The lowest BCUT2D eigenvalue weighted by atomic mass is 10.2. The summed E-state index contributed by atoms with van der Waals surface area (Å²) in [5.74, 6) is -0.595. The van der Waals surface area contributed by atoms with Crippen LogP contribution in [0.4, 0.5) is 33.2 Å². The Labute approximate surface area is 238 Å². The van der Waals surface area contributed by atoms with Crippen molar-refractivity contribution >= 4 is 34.7 Å². The lowest BCUT2D eigenvalue weighted by Gasteiger charge is -2.14. The Morgan fingerprint density at radius 1 is 1.07 bits per heavy atom. The molecule has 0 bridgehead atoms. The van der Waals surface area contributed by atoms with Crippen LogP contribution in [0.3, 0.4) is 0 Å². The number of hydrogen-bond donors (Lipinski definition) is 3. The van der Waals surface area contributed by atoms with Crippen molar-refractivity contribution in [2.75, 3.05) is 69.1 Å². The van der Waals surface area contributed by atoms with Crippen LogP contribution < -0.4 is 16.0 Å². The number of nitrogens with one attached hydrogen (secondary N) is 3. The molecule has 0 atom stereocenters. The van der Waals surface area contributed by atoms with E-state index in [2.05, 4.69) is 35.9 Å². The summed E-state index contributed by atoms with van der Waals surface area (Å²) in [6.07, 6.45) is 4.34. The van der Waals surface area contributed by atoms with Crippen molar-refractivity contribution < 1.29 is 18.7 Å². The first-order valence-electron chi connectivity index (χ1n) is 13.0. The van der Waals surface area contributed by atoms with E-state index in [0.29, 0.717) is 63.1 Å². The molecule has 0 aliphatic rings. The summed E-state index contributed by atoms with van der Waals surface area (Å²) in [5.41, 5.74) is 11.1. The molecule has 0 unspecified atom stereocenters. The van der Waals surface area contributed by atoms with Crippen molar-refractivity contribution in [2.45, 2.75) is 6.92 Å². The van der Waals surface area contributed by atoms with E-state index in [1.807, 2.05) is 43.1 Å². The summed E-state index contributed by atoms with van der Waals surface area (Å²) >= 11 is 0. The molecule has 1 heterocycles. The van der Waals surface area contributed by atoms with Crippen molar-refractivity contribution in [3.05, 3.63) is 88.7 Å². The van der Waals surface area contributed by atoms with Crippen molar-refractivity contribution in [3.63, 3.8) is 0 Å². The van der Waals surface area contributed by atoms with Crippen molar-refractivity contribution in [3.8, 4) is 0 Å². The molecule has 0 aliphatic carbocycles. The molecule has 3 N–H and O–H groups in total. The number of likely N-dealkylation sites (N-methyl/N-ethyl adjacent to an activating group) is 1. The fourth-order valence-corrected chi connectivity index (χ4v) is 3.49. The molecule has 0 radical (unpaired) electrons. The van der Waals surface area contributed by atoms with E-state index in [1.54, 1.807) is 30.3 Å². The summed E-state index contributed by atoms with van der Waals surface area (Å²) in [6, 6.07) is 14.6. The predicted octanol–water partition coefficient (Wildman–Crippen LogP) is 5.18. The molecule has 3 rings (SSSR count). The predicted molar refractivity (Wildman–Crippen MR) is 157 cm³/mol. The fraction of sp³-hybridized carbons (Fsp3) is 0.321. The van der Waals surface area contributed by atoms with Crippen LogP contribution in [0, 0.1) is 12.7 Å². The molecule has 1 aromatic heterocycles. The molecular weight excluding hydrogens is 529 g/mol. The third-order valence-electron chi connectivity index (χ3n) is 5.49. The first kappa shape index (κ1) is 31.0. The van der Waals surface area contributed by atoms with Gasteiger partial charge in [0, 0.05) is 47.7 Å². The maximum atomic E-state index is 14.3. The van der Waals surface area contributed by atoms with Crippen molar-refractivity contribution in [2.24, 2.45) is 5.11 Å². The highest BCUT2D eigenvalue weighted by Gasteiger charge is 2.09. The van der Waals surface area contributed by atoms with Gasteiger partial charge in [0.2, 0.25) is 11.9 Å². The Morgan fingerprint density at radius 2 is 1.80 bits per heavy atom. The number of aromatic nitrogens is 2. The van der Waals surface area contributed by atoms with Gasteiger partial charge < -0.3 is 30.3 Å². The Balaban J connectivity index is 1.41. The second kappa shape index (κ2) is 17.2. The number of carbonyl (C=O) groups is 1. The zero-order valence-electron chi connectivity index (χ0n) is 23.1. The Morgan fingerprint density at radius 3 is 2.59 bits per heavy atom. The molecule has 0 aliphatic heterocycles. The van der Waals surface area contributed by atoms with Crippen LogP contribution in [0.15, 0.2) is 72.0 Å². The van der Waals surface area contributed by atoms with Crippen molar-refractivity contribution in [1.82, 2.24) is 14.9 Å². The second-order valence-electron chi connectivity index (χ2n) is 8.92. The van der Waals surface area contributed by atoms with E-state index in [4.69, 9.17) is 15.0 Å². The summed E-state index contributed by atoms with van der Waals surface area (Å²) < 4.78 is 25.1. The third kappa shape index (κ3) is 12.0. The van der Waals surface area contributed by atoms with Crippen LogP contribution in [-0.2, 0) is 14.3 Å². The quantitative estimate of drug-likeness (QED) is 0.0668. The Hall–Kier alpha value is -4.55. The average Bonchev–Trinajstić information content (AvgIpc) is 2.94. The van der Waals surface area contributed by atoms with Crippen LogP contribution in [0.2, 0.25) is 0 Å². The maximum absolute atomic E-state index is 14.3. The Kier molecular flexibility index (Phi) is 13.0. The molecular formula is C28H34FN9O3. The highest BCUT2D eigenvalue weighted by molar-refractivity contribution is 5.99. The number of nitrogens with zero attached hydrogens (tertiary/aromatic N) is 6. The SMILES string of the molecule is Cc1cccc(Nc2nc(Nc3cccc(NC(=O)/C=C/CN(C)CCOCCOCCN=[N+]=[N-])c3)ncc2F)c1. The average molecular weight is 564 g/mol. The number of rotatable bonds is 17. The number of anilines is 5. The Bertz CT molecular complexity index is 1350. The number of ether oxygens (including phenoxy) is 2. The molecule has 216 valence electrons. The minimum absolute atomic E-state index is 0.0483. The van der Waals surface area contributed by atoms with Gasteiger partial charge in [-0.3, -0.25) is 4.79 Å². The largest absolute Gasteiger partial charge is 0.379 e. The number of aryl methyl sites for hydroxylation is 1. The lowest BCUT2D eigenvalue weighted by Crippen LogP contribution is -2.24. The topological polar surface area (TPSA) is 149 Å². The number of carbonyl (C=O) groups excluding carboxylic acids is 1.